The summed E-state index contributed by atoms with van der Waals surface area (Å²) in [6, 6.07) is 24.2. The predicted octanol–water partition coefficient (Wildman–Crippen LogP) is 6.68. The fourth-order valence-corrected chi connectivity index (χ4v) is 3.92. The first-order valence-corrected chi connectivity index (χ1v) is 11.6. The minimum atomic E-state index is -0.250. The van der Waals surface area contributed by atoms with E-state index < -0.39 is 0 Å². The second-order valence-corrected chi connectivity index (χ2v) is 8.31. The van der Waals surface area contributed by atoms with Crippen molar-refractivity contribution < 1.29 is 9.90 Å². The maximum Gasteiger partial charge on any atom is 0.290 e. The van der Waals surface area contributed by atoms with Crippen LogP contribution in [0.25, 0.3) is 10.8 Å². The Bertz CT molecular complexity index is 956. The quantitative estimate of drug-likeness (QED) is 0.179. The van der Waals surface area contributed by atoms with Gasteiger partial charge in [0.1, 0.15) is 0 Å². The highest BCUT2D eigenvalue weighted by atomic mass is 32.2. The lowest BCUT2D eigenvalue weighted by Gasteiger charge is -2.27. The molecule has 0 aliphatic carbocycles. The predicted molar refractivity (Wildman–Crippen MR) is 141 cm³/mol. The molecule has 0 fully saturated rings. The van der Waals surface area contributed by atoms with Crippen LogP contribution in [0.1, 0.15) is 37.8 Å². The number of hydrogen-bond donors (Lipinski definition) is 1. The first-order valence-electron chi connectivity index (χ1n) is 10.4. The van der Waals surface area contributed by atoms with Crippen LogP contribution in [-0.2, 0) is 11.3 Å². The smallest absolute Gasteiger partial charge is 0.290 e. The van der Waals surface area contributed by atoms with Crippen LogP contribution >= 0.6 is 11.8 Å². The van der Waals surface area contributed by atoms with Crippen LogP contribution in [0.4, 0.5) is 5.69 Å². The van der Waals surface area contributed by atoms with Crippen LogP contribution < -0.4 is 4.90 Å². The van der Waals surface area contributed by atoms with Gasteiger partial charge in [-0.05, 0) is 34.3 Å². The Morgan fingerprint density at radius 1 is 0.969 bits per heavy atom. The third kappa shape index (κ3) is 8.55. The molecule has 0 aliphatic rings. The molecule has 0 atom stereocenters. The molecule has 0 saturated heterocycles. The average Bonchev–Trinajstić information content (AvgIpc) is 2.82. The molecule has 0 aromatic heterocycles. The van der Waals surface area contributed by atoms with E-state index in [1.807, 2.05) is 11.8 Å². The molecule has 1 N–H and O–H groups in total. The molecule has 170 valence electrons. The molecular weight excluding hydrogens is 418 g/mol. The van der Waals surface area contributed by atoms with Crippen molar-refractivity contribution in [3.63, 3.8) is 0 Å². The normalized spacial score (nSPS) is 9.75. The molecule has 0 saturated carbocycles. The van der Waals surface area contributed by atoms with Crippen molar-refractivity contribution in [3.05, 3.63) is 77.9 Å². The largest absolute Gasteiger partial charge is 0.483 e. The second kappa shape index (κ2) is 15.6. The number of fused-ring (bicyclic) bond motifs is 1. The van der Waals surface area contributed by atoms with Crippen molar-refractivity contribution in [2.24, 2.45) is 10.2 Å². The number of nitrogens with zero attached hydrogens (tertiary/aromatic N) is 3. The molecule has 3 aromatic rings. The summed E-state index contributed by atoms with van der Waals surface area (Å²) in [5.41, 5.74) is 4.13. The van der Waals surface area contributed by atoms with Gasteiger partial charge in [-0.25, -0.2) is 0 Å². The number of carboxylic acid groups (broad SMARTS) is 1. The Labute approximate surface area is 195 Å². The van der Waals surface area contributed by atoms with Gasteiger partial charge < -0.3 is 10.0 Å². The Morgan fingerprint density at radius 2 is 1.53 bits per heavy atom. The molecule has 3 aromatic carbocycles. The first-order chi connectivity index (χ1) is 15.5. The van der Waals surface area contributed by atoms with Gasteiger partial charge in [-0.15, -0.1) is 11.8 Å². The van der Waals surface area contributed by atoms with Gasteiger partial charge in [0.05, 0.1) is 5.88 Å². The number of carbonyl (C=O) groups is 1. The Morgan fingerprint density at radius 3 is 2.06 bits per heavy atom. The fourth-order valence-electron chi connectivity index (χ4n) is 3.29. The number of benzene rings is 3. The Hall–Kier alpha value is -3.12. The molecule has 3 rings (SSSR count). The average molecular weight is 452 g/mol. The zero-order valence-electron chi connectivity index (χ0n) is 19.1. The van der Waals surface area contributed by atoms with Gasteiger partial charge in [0.2, 0.25) is 0 Å². The van der Waals surface area contributed by atoms with Gasteiger partial charge in [-0.3, -0.25) is 4.79 Å². The summed E-state index contributed by atoms with van der Waals surface area (Å²) in [4.78, 5) is 10.9. The van der Waals surface area contributed by atoms with Crippen LogP contribution in [-0.4, -0.2) is 36.6 Å². The summed E-state index contributed by atoms with van der Waals surface area (Å²) >= 11 is 1.98. The molecule has 0 heterocycles. The number of anilines is 1. The maximum absolute atomic E-state index is 8.36. The molecular formula is C26H33N3O2S. The molecule has 0 radical (unpaired) electrons. The standard InChI is InChI=1S/C23H27NS.C2H4N2.CH2O2/c1-4-25-17-24(16-19-10-6-5-7-11-19)23-15-14-20(18(2)3)21-12-8-9-13-22(21)23;1-3-4-2;2-1-3/h5-15,18H,4,16-17H2,1-3H3;1-2H2;1H,(H,2,3). The van der Waals surface area contributed by atoms with E-state index in [1.54, 1.807) is 0 Å². The van der Waals surface area contributed by atoms with E-state index in [0.717, 1.165) is 18.2 Å². The zero-order valence-corrected chi connectivity index (χ0v) is 20.0. The van der Waals surface area contributed by atoms with E-state index in [9.17, 15) is 0 Å². The van der Waals surface area contributed by atoms with Crippen LogP contribution in [0.5, 0.6) is 0 Å². The van der Waals surface area contributed by atoms with Crippen molar-refractivity contribution in [2.75, 3.05) is 16.5 Å². The summed E-state index contributed by atoms with van der Waals surface area (Å²) in [7, 11) is 0. The van der Waals surface area contributed by atoms with Crippen molar-refractivity contribution >= 4 is 48.1 Å². The highest BCUT2D eigenvalue weighted by molar-refractivity contribution is 7.99. The highest BCUT2D eigenvalue weighted by Gasteiger charge is 2.14. The lowest BCUT2D eigenvalue weighted by Crippen LogP contribution is -2.22. The second-order valence-electron chi connectivity index (χ2n) is 7.07. The minimum Gasteiger partial charge on any atom is -0.483 e. The molecule has 32 heavy (non-hydrogen) atoms. The lowest BCUT2D eigenvalue weighted by atomic mass is 9.95. The summed E-state index contributed by atoms with van der Waals surface area (Å²) in [5, 5.41) is 15.6. The fraction of sp³-hybridized carbons (Fsp3) is 0.269. The van der Waals surface area contributed by atoms with Crippen LogP contribution in [0.15, 0.2) is 76.9 Å². The molecule has 0 unspecified atom stereocenters. The molecule has 0 amide bonds. The van der Waals surface area contributed by atoms with E-state index in [4.69, 9.17) is 9.90 Å². The topological polar surface area (TPSA) is 65.3 Å². The summed E-state index contributed by atoms with van der Waals surface area (Å²) in [6.07, 6.45) is 0. The van der Waals surface area contributed by atoms with E-state index in [0.29, 0.717) is 5.92 Å². The van der Waals surface area contributed by atoms with E-state index in [1.165, 1.54) is 27.6 Å². The Kier molecular flexibility index (Phi) is 13.2. The SMILES string of the molecule is C=NN=C.CCSCN(Cc1ccccc1)c1ccc(C(C)C)c2ccccc12.O=CO. The molecule has 6 heteroatoms. The van der Waals surface area contributed by atoms with Gasteiger partial charge >= 0.3 is 0 Å². The summed E-state index contributed by atoms with van der Waals surface area (Å²) < 4.78 is 0. The van der Waals surface area contributed by atoms with Crippen LogP contribution in [0.2, 0.25) is 0 Å². The number of rotatable bonds is 8. The molecule has 0 spiro atoms. The van der Waals surface area contributed by atoms with E-state index in [-0.39, 0.29) is 6.47 Å². The van der Waals surface area contributed by atoms with Crippen molar-refractivity contribution in [2.45, 2.75) is 33.2 Å². The first kappa shape index (κ1) is 26.9. The lowest BCUT2D eigenvalue weighted by molar-refractivity contribution is -0.122. The van der Waals surface area contributed by atoms with E-state index >= 15 is 0 Å². The minimum absolute atomic E-state index is 0.250. The monoisotopic (exact) mass is 451 g/mol. The van der Waals surface area contributed by atoms with Gasteiger partial charge in [0.25, 0.3) is 6.47 Å². The van der Waals surface area contributed by atoms with Crippen molar-refractivity contribution in [3.8, 4) is 0 Å². The molecule has 0 aliphatic heterocycles. The summed E-state index contributed by atoms with van der Waals surface area (Å²) in [6.45, 7) is 13.5. The van der Waals surface area contributed by atoms with Gasteiger partial charge in [0.15, 0.2) is 0 Å². The van der Waals surface area contributed by atoms with E-state index in [2.05, 4.69) is 116 Å². The zero-order chi connectivity index (χ0) is 23.8. The van der Waals surface area contributed by atoms with Gasteiger partial charge in [-0.2, -0.15) is 10.2 Å². The maximum atomic E-state index is 8.36. The third-order valence-corrected chi connectivity index (χ3v) is 5.57. The number of hydrogen-bond acceptors (Lipinski definition) is 5. The highest BCUT2D eigenvalue weighted by Crippen LogP contribution is 2.34. The number of thioether (sulfide) groups is 1. The Balaban J connectivity index is 0.000000645. The molecule has 5 nitrogen and oxygen atoms in total. The van der Waals surface area contributed by atoms with Crippen LogP contribution in [0, 0.1) is 0 Å². The van der Waals surface area contributed by atoms with Gasteiger partial charge in [0, 0.05) is 31.1 Å². The van der Waals surface area contributed by atoms with Crippen molar-refractivity contribution in [1.29, 1.82) is 0 Å². The third-order valence-electron chi connectivity index (χ3n) is 4.66. The van der Waals surface area contributed by atoms with Crippen LogP contribution in [0.3, 0.4) is 0 Å². The van der Waals surface area contributed by atoms with Gasteiger partial charge in [-0.1, -0.05) is 81.4 Å². The molecule has 0 bridgehead atoms. The summed E-state index contributed by atoms with van der Waals surface area (Å²) in [5.74, 6) is 2.68. The van der Waals surface area contributed by atoms with Crippen molar-refractivity contribution in [1.82, 2.24) is 0 Å².